The smallest absolute Gasteiger partial charge is 0.329 e. The molecule has 0 spiro atoms. The number of hydrogen-bond acceptors (Lipinski definition) is 5. The summed E-state index contributed by atoms with van der Waals surface area (Å²) < 4.78 is 11.6. The lowest BCUT2D eigenvalue weighted by Crippen LogP contribution is -2.54. The molecule has 1 fully saturated rings. The molecule has 1 amide bonds. The third kappa shape index (κ3) is 10.5. The number of benzene rings is 2. The van der Waals surface area contributed by atoms with Crippen molar-refractivity contribution in [3.05, 3.63) is 65.7 Å². The van der Waals surface area contributed by atoms with E-state index in [1.807, 2.05) is 75.4 Å². The van der Waals surface area contributed by atoms with Crippen LogP contribution < -0.4 is 15.4 Å². The van der Waals surface area contributed by atoms with Crippen molar-refractivity contribution in [2.75, 3.05) is 0 Å². The van der Waals surface area contributed by atoms with Crippen LogP contribution >= 0.6 is 0 Å². The van der Waals surface area contributed by atoms with Gasteiger partial charge in [0, 0.05) is 12.5 Å². The first-order chi connectivity index (χ1) is 18.1. The molecule has 0 saturated heterocycles. The molecule has 2 atom stereocenters. The molecular formula is C32H46N2O4. The zero-order valence-electron chi connectivity index (χ0n) is 23.8. The summed E-state index contributed by atoms with van der Waals surface area (Å²) in [7, 11) is 0. The molecule has 0 aromatic heterocycles. The van der Waals surface area contributed by atoms with Crippen molar-refractivity contribution >= 4 is 11.9 Å². The van der Waals surface area contributed by atoms with Crippen LogP contribution in [0.4, 0.5) is 0 Å². The van der Waals surface area contributed by atoms with Crippen molar-refractivity contribution in [3.8, 4) is 5.75 Å². The quantitative estimate of drug-likeness (QED) is 0.336. The fourth-order valence-electron chi connectivity index (χ4n) is 4.81. The van der Waals surface area contributed by atoms with Crippen LogP contribution in [-0.2, 0) is 27.4 Å². The lowest BCUT2D eigenvalue weighted by molar-refractivity contribution is -0.158. The van der Waals surface area contributed by atoms with E-state index in [0.717, 1.165) is 36.1 Å². The molecule has 208 valence electrons. The molecule has 1 aliphatic carbocycles. The molecule has 2 aromatic carbocycles. The summed E-state index contributed by atoms with van der Waals surface area (Å²) >= 11 is 0. The maximum absolute atomic E-state index is 13.5. The van der Waals surface area contributed by atoms with E-state index in [2.05, 4.69) is 24.5 Å². The van der Waals surface area contributed by atoms with Gasteiger partial charge < -0.3 is 20.1 Å². The third-order valence-electron chi connectivity index (χ3n) is 6.68. The monoisotopic (exact) mass is 522 g/mol. The first-order valence-electron chi connectivity index (χ1n) is 14.1. The van der Waals surface area contributed by atoms with Crippen molar-refractivity contribution in [2.45, 2.75) is 110 Å². The Labute approximate surface area is 228 Å². The largest absolute Gasteiger partial charge is 0.489 e. The molecule has 3 rings (SSSR count). The Morgan fingerprint density at radius 1 is 0.895 bits per heavy atom. The van der Waals surface area contributed by atoms with Gasteiger partial charge in [0.1, 0.15) is 24.0 Å². The van der Waals surface area contributed by atoms with E-state index in [-0.39, 0.29) is 11.9 Å². The number of esters is 1. The van der Waals surface area contributed by atoms with Crippen LogP contribution in [-0.4, -0.2) is 35.6 Å². The standard InChI is InChI=1S/C32H46N2O4/c1-23(2)20-28(33-26-14-10-7-11-15-26)30(35)34-29(31(36)38-32(3,4)5)21-24-16-18-27(19-17-24)37-22-25-12-8-6-9-13-25/h6,8-9,12-13,16-19,23,26,28-29,33H,7,10-11,14-15,20-22H2,1-5H3,(H,34,35)/t28-,29+/m0/s1. The highest BCUT2D eigenvalue weighted by atomic mass is 16.6. The summed E-state index contributed by atoms with van der Waals surface area (Å²) in [5, 5.41) is 6.63. The van der Waals surface area contributed by atoms with Crippen molar-refractivity contribution in [3.63, 3.8) is 0 Å². The van der Waals surface area contributed by atoms with Gasteiger partial charge in [-0.25, -0.2) is 4.79 Å². The molecule has 0 unspecified atom stereocenters. The van der Waals surface area contributed by atoms with Gasteiger partial charge in [-0.1, -0.05) is 75.6 Å². The van der Waals surface area contributed by atoms with Gasteiger partial charge >= 0.3 is 5.97 Å². The average molecular weight is 523 g/mol. The van der Waals surface area contributed by atoms with Crippen molar-refractivity contribution < 1.29 is 19.1 Å². The predicted octanol–water partition coefficient (Wildman–Crippen LogP) is 5.97. The van der Waals surface area contributed by atoms with E-state index in [1.54, 1.807) is 0 Å². The third-order valence-corrected chi connectivity index (χ3v) is 6.68. The Kier molecular flexibility index (Phi) is 11.2. The second-order valence-electron chi connectivity index (χ2n) is 11.9. The number of carbonyl (C=O) groups excluding carboxylic acids is 2. The second-order valence-corrected chi connectivity index (χ2v) is 11.9. The Balaban J connectivity index is 1.68. The molecular weight excluding hydrogens is 476 g/mol. The van der Waals surface area contributed by atoms with E-state index in [9.17, 15) is 9.59 Å². The lowest BCUT2D eigenvalue weighted by atomic mass is 9.93. The molecule has 0 aliphatic heterocycles. The van der Waals surface area contributed by atoms with Gasteiger partial charge in [-0.3, -0.25) is 4.79 Å². The molecule has 6 heteroatoms. The van der Waals surface area contributed by atoms with Crippen molar-refractivity contribution in [1.82, 2.24) is 10.6 Å². The highest BCUT2D eigenvalue weighted by Gasteiger charge is 2.31. The fraction of sp³-hybridized carbons (Fsp3) is 0.562. The van der Waals surface area contributed by atoms with Gasteiger partial charge in [-0.15, -0.1) is 0 Å². The summed E-state index contributed by atoms with van der Waals surface area (Å²) in [5.41, 5.74) is 1.38. The van der Waals surface area contributed by atoms with Crippen molar-refractivity contribution in [2.24, 2.45) is 5.92 Å². The summed E-state index contributed by atoms with van der Waals surface area (Å²) in [5.74, 6) is 0.550. The zero-order chi connectivity index (χ0) is 27.5. The van der Waals surface area contributed by atoms with Crippen LogP contribution in [0.1, 0.15) is 84.3 Å². The molecule has 38 heavy (non-hydrogen) atoms. The van der Waals surface area contributed by atoms with Gasteiger partial charge in [-0.05, 0) is 69.2 Å². The SMILES string of the molecule is CC(C)C[C@H](NC1CCCCC1)C(=O)N[C@H](Cc1ccc(OCc2ccccc2)cc1)C(=O)OC(C)(C)C. The average Bonchev–Trinajstić information content (AvgIpc) is 2.87. The molecule has 0 heterocycles. The fourth-order valence-corrected chi connectivity index (χ4v) is 4.81. The second kappa shape index (κ2) is 14.3. The minimum absolute atomic E-state index is 0.136. The van der Waals surface area contributed by atoms with Crippen LogP contribution in [0, 0.1) is 5.92 Å². The first-order valence-corrected chi connectivity index (χ1v) is 14.1. The summed E-state index contributed by atoms with van der Waals surface area (Å²) in [6.45, 7) is 10.3. The van der Waals surface area contributed by atoms with Crippen LogP contribution in [0.3, 0.4) is 0 Å². The Morgan fingerprint density at radius 2 is 1.55 bits per heavy atom. The van der Waals surface area contributed by atoms with E-state index < -0.39 is 17.6 Å². The number of carbonyl (C=O) groups is 2. The highest BCUT2D eigenvalue weighted by Crippen LogP contribution is 2.20. The van der Waals surface area contributed by atoms with Gasteiger partial charge in [0.15, 0.2) is 0 Å². The summed E-state index contributed by atoms with van der Waals surface area (Å²) in [6.07, 6.45) is 6.90. The Hall–Kier alpha value is -2.86. The van der Waals surface area contributed by atoms with Gasteiger partial charge in [0.2, 0.25) is 5.91 Å². The molecule has 2 N–H and O–H groups in total. The molecule has 1 aliphatic rings. The normalized spacial score (nSPS) is 16.1. The Morgan fingerprint density at radius 3 is 2.16 bits per heavy atom. The van der Waals surface area contributed by atoms with Crippen LogP contribution in [0.2, 0.25) is 0 Å². The number of amides is 1. The van der Waals surface area contributed by atoms with Gasteiger partial charge in [0.25, 0.3) is 0 Å². The van der Waals surface area contributed by atoms with Crippen LogP contribution in [0.25, 0.3) is 0 Å². The molecule has 0 radical (unpaired) electrons. The number of ether oxygens (including phenoxy) is 2. The van der Waals surface area contributed by atoms with Gasteiger partial charge in [-0.2, -0.15) is 0 Å². The topological polar surface area (TPSA) is 76.7 Å². The zero-order valence-corrected chi connectivity index (χ0v) is 23.8. The maximum Gasteiger partial charge on any atom is 0.329 e. The Bertz CT molecular complexity index is 992. The van der Waals surface area contributed by atoms with Crippen LogP contribution in [0.15, 0.2) is 54.6 Å². The number of nitrogens with one attached hydrogen (secondary N) is 2. The first kappa shape index (κ1) is 29.7. The van der Waals surface area contributed by atoms with E-state index in [0.29, 0.717) is 25.0 Å². The summed E-state index contributed by atoms with van der Waals surface area (Å²) in [6, 6.07) is 16.9. The highest BCUT2D eigenvalue weighted by molar-refractivity contribution is 5.88. The van der Waals surface area contributed by atoms with E-state index in [1.165, 1.54) is 19.3 Å². The molecule has 1 saturated carbocycles. The van der Waals surface area contributed by atoms with Crippen molar-refractivity contribution in [1.29, 1.82) is 0 Å². The summed E-state index contributed by atoms with van der Waals surface area (Å²) in [4.78, 5) is 26.7. The molecule has 2 aromatic rings. The number of rotatable bonds is 12. The minimum atomic E-state index is -0.777. The number of hydrogen-bond donors (Lipinski definition) is 2. The van der Waals surface area contributed by atoms with E-state index >= 15 is 0 Å². The minimum Gasteiger partial charge on any atom is -0.489 e. The maximum atomic E-state index is 13.5. The molecule has 0 bridgehead atoms. The van der Waals surface area contributed by atoms with Crippen LogP contribution in [0.5, 0.6) is 5.75 Å². The van der Waals surface area contributed by atoms with Gasteiger partial charge in [0.05, 0.1) is 6.04 Å². The lowest BCUT2D eigenvalue weighted by Gasteiger charge is -2.30. The molecule has 6 nitrogen and oxygen atoms in total. The predicted molar refractivity (Wildman–Crippen MR) is 152 cm³/mol. The van der Waals surface area contributed by atoms with E-state index in [4.69, 9.17) is 9.47 Å².